The summed E-state index contributed by atoms with van der Waals surface area (Å²) >= 11 is 0. The van der Waals surface area contributed by atoms with E-state index in [1.54, 1.807) is 0 Å². The van der Waals surface area contributed by atoms with Gasteiger partial charge in [0, 0.05) is 11.6 Å². The van der Waals surface area contributed by atoms with Crippen molar-refractivity contribution in [1.29, 1.82) is 0 Å². The molecule has 3 nitrogen and oxygen atoms in total. The van der Waals surface area contributed by atoms with Crippen molar-refractivity contribution in [2.75, 3.05) is 0 Å². The van der Waals surface area contributed by atoms with Crippen LogP contribution in [0.1, 0.15) is 55.0 Å². The molecule has 0 saturated heterocycles. The predicted molar refractivity (Wildman–Crippen MR) is 64.4 cm³/mol. The molecule has 0 atom stereocenters. The first kappa shape index (κ1) is 13.4. The van der Waals surface area contributed by atoms with Crippen LogP contribution in [0.15, 0.2) is 12.1 Å². The second-order valence-corrected chi connectivity index (χ2v) is 5.64. The van der Waals surface area contributed by atoms with Gasteiger partial charge in [0.25, 0.3) is 0 Å². The predicted octanol–water partition coefficient (Wildman–Crippen LogP) is 3.48. The van der Waals surface area contributed by atoms with Gasteiger partial charge < -0.3 is 5.11 Å². The third-order valence-electron chi connectivity index (χ3n) is 4.38. The fourth-order valence-electron chi connectivity index (χ4n) is 2.75. The molecule has 1 aromatic heterocycles. The lowest BCUT2D eigenvalue weighted by Gasteiger charge is -2.29. The Morgan fingerprint density at radius 2 is 1.95 bits per heavy atom. The first-order valence-corrected chi connectivity index (χ1v) is 6.66. The summed E-state index contributed by atoms with van der Waals surface area (Å²) in [5.41, 5.74) is -1.08. The largest absolute Gasteiger partial charge is 0.481 e. The smallest absolute Gasteiger partial charge is 0.433 e. The Morgan fingerprint density at radius 1 is 1.30 bits per heavy atom. The van der Waals surface area contributed by atoms with E-state index in [1.165, 1.54) is 6.07 Å². The zero-order valence-electron chi connectivity index (χ0n) is 10.7. The number of pyridine rings is 1. The monoisotopic (exact) mass is 285 g/mol. The molecule has 2 aliphatic carbocycles. The summed E-state index contributed by atoms with van der Waals surface area (Å²) in [4.78, 5) is 15.2. The van der Waals surface area contributed by atoms with Gasteiger partial charge in [-0.25, -0.2) is 4.98 Å². The topological polar surface area (TPSA) is 50.2 Å². The van der Waals surface area contributed by atoms with Gasteiger partial charge in [-0.3, -0.25) is 4.79 Å². The number of carbonyl (C=O) groups is 1. The molecule has 6 heteroatoms. The summed E-state index contributed by atoms with van der Waals surface area (Å²) in [6.45, 7) is 0. The van der Waals surface area contributed by atoms with Crippen LogP contribution >= 0.6 is 0 Å². The third-order valence-corrected chi connectivity index (χ3v) is 4.38. The lowest BCUT2D eigenvalue weighted by atomic mass is 9.78. The van der Waals surface area contributed by atoms with Crippen LogP contribution in [0.4, 0.5) is 13.2 Å². The van der Waals surface area contributed by atoms with Crippen LogP contribution < -0.4 is 0 Å². The number of nitrogens with zero attached hydrogens (tertiary/aromatic N) is 1. The molecule has 2 fully saturated rings. The molecule has 0 spiro atoms. The van der Waals surface area contributed by atoms with Gasteiger partial charge >= 0.3 is 12.1 Å². The van der Waals surface area contributed by atoms with E-state index in [0.717, 1.165) is 25.3 Å². The molecule has 0 aliphatic heterocycles. The lowest BCUT2D eigenvalue weighted by Crippen LogP contribution is -2.26. The number of carboxylic acid groups (broad SMARTS) is 1. The summed E-state index contributed by atoms with van der Waals surface area (Å²) in [7, 11) is 0. The number of hydrogen-bond donors (Lipinski definition) is 1. The molecule has 1 heterocycles. The Bertz CT molecular complexity index is 560. The standard InChI is InChI=1S/C14H14F3NO2/c15-14(16,17)10-5-4-9(13(6-7-13)12(19)20)11(18-10)8-2-1-3-8/h4-5,8H,1-3,6-7H2,(H,19,20). The Hall–Kier alpha value is -1.59. The molecule has 1 aromatic rings. The molecule has 0 bridgehead atoms. The summed E-state index contributed by atoms with van der Waals surface area (Å²) in [6, 6.07) is 2.23. The maximum absolute atomic E-state index is 12.8. The minimum atomic E-state index is -4.49. The summed E-state index contributed by atoms with van der Waals surface area (Å²) in [5, 5.41) is 9.33. The van der Waals surface area contributed by atoms with Crippen LogP contribution in [0.3, 0.4) is 0 Å². The van der Waals surface area contributed by atoms with Crippen molar-refractivity contribution in [2.24, 2.45) is 0 Å². The van der Waals surface area contributed by atoms with Crippen LogP contribution in [0.5, 0.6) is 0 Å². The number of hydrogen-bond acceptors (Lipinski definition) is 2. The molecule has 0 aromatic carbocycles. The van der Waals surface area contributed by atoms with Gasteiger partial charge in [0.2, 0.25) is 0 Å². The Balaban J connectivity index is 2.08. The molecule has 1 N–H and O–H groups in total. The van der Waals surface area contributed by atoms with Crippen LogP contribution in [0, 0.1) is 0 Å². The highest BCUT2D eigenvalue weighted by molar-refractivity contribution is 5.85. The number of rotatable bonds is 3. The van der Waals surface area contributed by atoms with Gasteiger partial charge in [0.05, 0.1) is 5.41 Å². The molecule has 0 radical (unpaired) electrons. The van der Waals surface area contributed by atoms with Crippen molar-refractivity contribution in [2.45, 2.75) is 49.6 Å². The van der Waals surface area contributed by atoms with Crippen molar-refractivity contribution in [1.82, 2.24) is 4.98 Å². The quantitative estimate of drug-likeness (QED) is 0.925. The maximum atomic E-state index is 12.8. The number of halogens is 3. The molecule has 0 amide bonds. The van der Waals surface area contributed by atoms with Gasteiger partial charge in [0.1, 0.15) is 5.69 Å². The van der Waals surface area contributed by atoms with Crippen molar-refractivity contribution in [3.63, 3.8) is 0 Å². The SMILES string of the molecule is O=C(O)C1(c2ccc(C(F)(F)F)nc2C2CCC2)CC1. The van der Waals surface area contributed by atoms with Crippen molar-refractivity contribution >= 4 is 5.97 Å². The van der Waals surface area contributed by atoms with Crippen molar-refractivity contribution in [3.05, 3.63) is 29.1 Å². The number of carboxylic acids is 1. The molecule has 20 heavy (non-hydrogen) atoms. The fraction of sp³-hybridized carbons (Fsp3) is 0.571. The summed E-state index contributed by atoms with van der Waals surface area (Å²) in [5.74, 6) is -0.983. The van der Waals surface area contributed by atoms with E-state index < -0.39 is 23.3 Å². The highest BCUT2D eigenvalue weighted by atomic mass is 19.4. The van der Waals surface area contributed by atoms with E-state index in [1.807, 2.05) is 0 Å². The molecule has 108 valence electrons. The number of aromatic nitrogens is 1. The van der Waals surface area contributed by atoms with E-state index in [4.69, 9.17) is 0 Å². The van der Waals surface area contributed by atoms with Crippen LogP contribution in [-0.2, 0) is 16.4 Å². The van der Waals surface area contributed by atoms with Crippen molar-refractivity contribution in [3.8, 4) is 0 Å². The fourth-order valence-corrected chi connectivity index (χ4v) is 2.75. The Kier molecular flexibility index (Phi) is 2.81. The van der Waals surface area contributed by atoms with Crippen LogP contribution in [-0.4, -0.2) is 16.1 Å². The minimum absolute atomic E-state index is 0.0240. The average molecular weight is 285 g/mol. The van der Waals surface area contributed by atoms with Gasteiger partial charge in [-0.15, -0.1) is 0 Å². The van der Waals surface area contributed by atoms with E-state index in [2.05, 4.69) is 4.98 Å². The van der Waals surface area contributed by atoms with Crippen molar-refractivity contribution < 1.29 is 23.1 Å². The maximum Gasteiger partial charge on any atom is 0.433 e. The molecule has 0 unspecified atom stereocenters. The molecule has 3 rings (SSSR count). The van der Waals surface area contributed by atoms with Gasteiger partial charge in [-0.1, -0.05) is 12.5 Å². The molecule has 2 saturated carbocycles. The summed E-state index contributed by atoms with van der Waals surface area (Å²) in [6.07, 6.45) is -0.989. The number of alkyl halides is 3. The lowest BCUT2D eigenvalue weighted by molar-refractivity contribution is -0.141. The Labute approximate surface area is 113 Å². The van der Waals surface area contributed by atoms with Gasteiger partial charge in [-0.05, 0) is 37.3 Å². The normalized spacial score (nSPS) is 21.4. The zero-order chi connectivity index (χ0) is 14.5. The first-order chi connectivity index (χ1) is 9.34. The number of aliphatic carboxylic acids is 1. The Morgan fingerprint density at radius 3 is 2.35 bits per heavy atom. The molecular formula is C14H14F3NO2. The molecule has 2 aliphatic rings. The van der Waals surface area contributed by atoms with Gasteiger partial charge in [-0.2, -0.15) is 13.2 Å². The second kappa shape index (κ2) is 4.20. The van der Waals surface area contributed by atoms with E-state index in [9.17, 15) is 23.1 Å². The van der Waals surface area contributed by atoms with E-state index in [0.29, 0.717) is 24.1 Å². The second-order valence-electron chi connectivity index (χ2n) is 5.64. The van der Waals surface area contributed by atoms with Crippen LogP contribution in [0.25, 0.3) is 0 Å². The highest BCUT2D eigenvalue weighted by Gasteiger charge is 2.54. The third kappa shape index (κ3) is 1.98. The van der Waals surface area contributed by atoms with E-state index >= 15 is 0 Å². The highest BCUT2D eigenvalue weighted by Crippen LogP contribution is 2.52. The average Bonchev–Trinajstić information content (AvgIpc) is 3.06. The zero-order valence-corrected chi connectivity index (χ0v) is 10.7. The van der Waals surface area contributed by atoms with Gasteiger partial charge in [0.15, 0.2) is 0 Å². The van der Waals surface area contributed by atoms with Crippen LogP contribution in [0.2, 0.25) is 0 Å². The molecular weight excluding hydrogens is 271 g/mol. The summed E-state index contributed by atoms with van der Waals surface area (Å²) < 4.78 is 38.3. The van der Waals surface area contributed by atoms with E-state index in [-0.39, 0.29) is 5.92 Å². The minimum Gasteiger partial charge on any atom is -0.481 e. The first-order valence-electron chi connectivity index (χ1n) is 6.66.